The molecule has 6 heteroatoms. The molecule has 0 spiro atoms. The molecule has 1 amide bonds. The van der Waals surface area contributed by atoms with Gasteiger partial charge in [-0.05, 0) is 64.3 Å². The first kappa shape index (κ1) is 16.4. The van der Waals surface area contributed by atoms with E-state index in [1.54, 1.807) is 4.68 Å². The van der Waals surface area contributed by atoms with Gasteiger partial charge in [0.15, 0.2) is 0 Å². The van der Waals surface area contributed by atoms with E-state index >= 15 is 0 Å². The van der Waals surface area contributed by atoms with Crippen molar-refractivity contribution in [2.24, 2.45) is 7.05 Å². The number of furan rings is 1. The molecule has 3 heterocycles. The molecule has 2 aromatic heterocycles. The Balaban J connectivity index is 1.50. The maximum absolute atomic E-state index is 12.8. The number of nitrogens with zero attached hydrogens (tertiary/aromatic N) is 3. The first-order valence-corrected chi connectivity index (χ1v) is 9.27. The number of carbonyl (C=O) groups excluding carboxylic acids is 1. The molecule has 6 nitrogen and oxygen atoms in total. The molecule has 0 bridgehead atoms. The fourth-order valence-corrected chi connectivity index (χ4v) is 4.17. The number of fused-ring (bicyclic) bond motifs is 1. The number of carbonyl (C=O) groups is 1. The number of rotatable bonds is 5. The third kappa shape index (κ3) is 3.11. The molecule has 1 atom stereocenters. The van der Waals surface area contributed by atoms with Gasteiger partial charge in [-0.1, -0.05) is 0 Å². The van der Waals surface area contributed by atoms with Crippen molar-refractivity contribution >= 4 is 5.91 Å². The molecular weight excluding hydrogens is 316 g/mol. The van der Waals surface area contributed by atoms with Gasteiger partial charge < -0.3 is 9.73 Å². The lowest BCUT2D eigenvalue weighted by Crippen LogP contribution is -2.37. The highest BCUT2D eigenvalue weighted by Gasteiger charge is 2.29. The van der Waals surface area contributed by atoms with E-state index in [0.29, 0.717) is 6.54 Å². The molecule has 2 aliphatic rings. The van der Waals surface area contributed by atoms with Gasteiger partial charge in [-0.2, -0.15) is 5.10 Å². The Kier molecular flexibility index (Phi) is 4.37. The minimum absolute atomic E-state index is 0.0226. The zero-order chi connectivity index (χ0) is 17.4. The maximum Gasteiger partial charge on any atom is 0.269 e. The molecule has 1 aliphatic carbocycles. The normalized spacial score (nSPS) is 18.5. The van der Waals surface area contributed by atoms with E-state index in [9.17, 15) is 4.79 Å². The second-order valence-corrected chi connectivity index (χ2v) is 7.17. The van der Waals surface area contributed by atoms with Gasteiger partial charge in [0, 0.05) is 19.2 Å². The summed E-state index contributed by atoms with van der Waals surface area (Å²) in [5, 5.41) is 7.64. The first-order valence-electron chi connectivity index (χ1n) is 9.27. The third-order valence-electron chi connectivity index (χ3n) is 5.41. The molecule has 134 valence electrons. The second-order valence-electron chi connectivity index (χ2n) is 7.17. The molecule has 0 radical (unpaired) electrons. The van der Waals surface area contributed by atoms with Crippen LogP contribution in [0, 0.1) is 6.92 Å². The average molecular weight is 342 g/mol. The van der Waals surface area contributed by atoms with Crippen LogP contribution in [0.2, 0.25) is 0 Å². The summed E-state index contributed by atoms with van der Waals surface area (Å²) in [6.45, 7) is 4.64. The fourth-order valence-electron chi connectivity index (χ4n) is 4.17. The van der Waals surface area contributed by atoms with Crippen molar-refractivity contribution in [2.45, 2.75) is 45.1 Å². The Morgan fingerprint density at radius 2 is 2.08 bits per heavy atom. The minimum atomic E-state index is -0.0226. The van der Waals surface area contributed by atoms with E-state index in [1.165, 1.54) is 12.8 Å². The van der Waals surface area contributed by atoms with Crippen molar-refractivity contribution in [1.82, 2.24) is 20.0 Å². The summed E-state index contributed by atoms with van der Waals surface area (Å²) in [4.78, 5) is 15.2. The van der Waals surface area contributed by atoms with Crippen molar-refractivity contribution in [3.8, 4) is 0 Å². The number of hydrogen-bond donors (Lipinski definition) is 1. The Morgan fingerprint density at radius 3 is 2.80 bits per heavy atom. The molecule has 2 aromatic rings. The molecule has 1 aliphatic heterocycles. The number of likely N-dealkylation sites (tertiary alicyclic amines) is 1. The number of nitrogens with one attached hydrogen (secondary N) is 1. The van der Waals surface area contributed by atoms with Crippen LogP contribution in [0.25, 0.3) is 0 Å². The number of amides is 1. The monoisotopic (exact) mass is 342 g/mol. The summed E-state index contributed by atoms with van der Waals surface area (Å²) in [5.41, 5.74) is 2.94. The summed E-state index contributed by atoms with van der Waals surface area (Å²) in [5.74, 6) is 1.83. The van der Waals surface area contributed by atoms with Gasteiger partial charge in [0.1, 0.15) is 17.2 Å². The van der Waals surface area contributed by atoms with Crippen LogP contribution in [0.15, 0.2) is 16.5 Å². The van der Waals surface area contributed by atoms with Crippen LogP contribution in [0.3, 0.4) is 0 Å². The van der Waals surface area contributed by atoms with Crippen molar-refractivity contribution in [2.75, 3.05) is 19.6 Å². The highest BCUT2D eigenvalue weighted by Crippen LogP contribution is 2.27. The summed E-state index contributed by atoms with van der Waals surface area (Å²) in [7, 11) is 1.86. The first-order chi connectivity index (χ1) is 12.1. The van der Waals surface area contributed by atoms with Crippen LogP contribution < -0.4 is 5.32 Å². The molecule has 0 aromatic carbocycles. The number of aryl methyl sites for hydroxylation is 3. The van der Waals surface area contributed by atoms with Crippen LogP contribution in [0.1, 0.15) is 58.6 Å². The van der Waals surface area contributed by atoms with Crippen LogP contribution in [0.4, 0.5) is 0 Å². The van der Waals surface area contributed by atoms with Crippen LogP contribution in [-0.2, 0) is 19.9 Å². The number of aromatic nitrogens is 2. The molecule has 1 fully saturated rings. The van der Waals surface area contributed by atoms with E-state index in [2.05, 4.69) is 15.3 Å². The van der Waals surface area contributed by atoms with Crippen molar-refractivity contribution in [1.29, 1.82) is 0 Å². The van der Waals surface area contributed by atoms with Gasteiger partial charge in [-0.15, -0.1) is 0 Å². The van der Waals surface area contributed by atoms with Gasteiger partial charge in [-0.25, -0.2) is 0 Å². The van der Waals surface area contributed by atoms with E-state index in [-0.39, 0.29) is 11.9 Å². The molecule has 4 rings (SSSR count). The number of hydrogen-bond acceptors (Lipinski definition) is 4. The summed E-state index contributed by atoms with van der Waals surface area (Å²) >= 11 is 0. The topological polar surface area (TPSA) is 63.3 Å². The predicted octanol–water partition coefficient (Wildman–Crippen LogP) is 2.38. The summed E-state index contributed by atoms with van der Waals surface area (Å²) in [6, 6.07) is 4.13. The standard InChI is InChI=1S/C19H26N4O2/c1-13-8-9-17(25-13)16(23-10-3-4-11-23)12-20-19(24)18-14-6-5-7-15(14)21-22(18)2/h8-9,16H,3-7,10-12H2,1-2H3,(H,20,24). The SMILES string of the molecule is Cc1ccc(C(CNC(=O)c2c3c(nn2C)CCC3)N2CCCC2)o1. The molecule has 1 N–H and O–H groups in total. The maximum atomic E-state index is 12.8. The van der Waals surface area contributed by atoms with E-state index in [0.717, 1.165) is 60.8 Å². The zero-order valence-electron chi connectivity index (χ0n) is 15.0. The molecule has 0 saturated carbocycles. The van der Waals surface area contributed by atoms with E-state index in [4.69, 9.17) is 4.42 Å². The lowest BCUT2D eigenvalue weighted by atomic mass is 10.1. The molecule has 1 unspecified atom stereocenters. The molecule has 25 heavy (non-hydrogen) atoms. The van der Waals surface area contributed by atoms with Crippen LogP contribution in [-0.4, -0.2) is 40.2 Å². The second kappa shape index (κ2) is 6.67. The average Bonchev–Trinajstić information content (AvgIpc) is 3.32. The van der Waals surface area contributed by atoms with Gasteiger partial charge in [0.05, 0.1) is 11.7 Å². The van der Waals surface area contributed by atoms with Crippen molar-refractivity contribution in [3.63, 3.8) is 0 Å². The fraction of sp³-hybridized carbons (Fsp3) is 0.579. The van der Waals surface area contributed by atoms with E-state index in [1.807, 2.05) is 26.1 Å². The Hall–Kier alpha value is -2.08. The highest BCUT2D eigenvalue weighted by atomic mass is 16.3. The predicted molar refractivity (Wildman–Crippen MR) is 94.6 cm³/mol. The van der Waals surface area contributed by atoms with Gasteiger partial charge in [0.2, 0.25) is 0 Å². The quantitative estimate of drug-likeness (QED) is 0.906. The Morgan fingerprint density at radius 1 is 1.28 bits per heavy atom. The van der Waals surface area contributed by atoms with Crippen molar-refractivity contribution in [3.05, 3.63) is 40.6 Å². The summed E-state index contributed by atoms with van der Waals surface area (Å²) in [6.07, 6.45) is 5.46. The Bertz CT molecular complexity index is 770. The van der Waals surface area contributed by atoms with E-state index < -0.39 is 0 Å². The van der Waals surface area contributed by atoms with Gasteiger partial charge >= 0.3 is 0 Å². The minimum Gasteiger partial charge on any atom is -0.465 e. The summed E-state index contributed by atoms with van der Waals surface area (Å²) < 4.78 is 7.61. The lowest BCUT2D eigenvalue weighted by molar-refractivity contribution is 0.0923. The smallest absolute Gasteiger partial charge is 0.269 e. The molecular formula is C19H26N4O2. The van der Waals surface area contributed by atoms with Crippen LogP contribution in [0.5, 0.6) is 0 Å². The van der Waals surface area contributed by atoms with Gasteiger partial charge in [-0.3, -0.25) is 14.4 Å². The van der Waals surface area contributed by atoms with Crippen molar-refractivity contribution < 1.29 is 9.21 Å². The highest BCUT2D eigenvalue weighted by molar-refractivity contribution is 5.94. The molecule has 1 saturated heterocycles. The largest absolute Gasteiger partial charge is 0.465 e. The van der Waals surface area contributed by atoms with Gasteiger partial charge in [0.25, 0.3) is 5.91 Å². The Labute approximate surface area is 148 Å². The third-order valence-corrected chi connectivity index (χ3v) is 5.41. The lowest BCUT2D eigenvalue weighted by Gasteiger charge is -2.26. The van der Waals surface area contributed by atoms with Crippen LogP contribution >= 0.6 is 0 Å². The zero-order valence-corrected chi connectivity index (χ0v) is 15.0.